The highest BCUT2D eigenvalue weighted by molar-refractivity contribution is 6.31. The molecule has 35 heavy (non-hydrogen) atoms. The molecule has 0 spiro atoms. The second-order valence-electron chi connectivity index (χ2n) is 9.37. The van der Waals surface area contributed by atoms with Gasteiger partial charge in [0.05, 0.1) is 16.1 Å². The van der Waals surface area contributed by atoms with Crippen LogP contribution in [-0.4, -0.2) is 36.4 Å². The van der Waals surface area contributed by atoms with Crippen LogP contribution in [0.3, 0.4) is 0 Å². The van der Waals surface area contributed by atoms with Crippen molar-refractivity contribution in [2.45, 2.75) is 51.7 Å². The van der Waals surface area contributed by atoms with Crippen molar-refractivity contribution in [3.05, 3.63) is 58.1 Å². The lowest BCUT2D eigenvalue weighted by atomic mass is 9.71. The number of halogens is 4. The summed E-state index contributed by atoms with van der Waals surface area (Å²) in [5.74, 6) is 0.0943. The lowest BCUT2D eigenvalue weighted by Crippen LogP contribution is -2.48. The zero-order valence-electron chi connectivity index (χ0n) is 19.8. The minimum Gasteiger partial charge on any atom is -0.491 e. The van der Waals surface area contributed by atoms with Crippen LogP contribution in [0.1, 0.15) is 39.5 Å². The van der Waals surface area contributed by atoms with Gasteiger partial charge in [-0.15, -0.1) is 0 Å². The van der Waals surface area contributed by atoms with Crippen molar-refractivity contribution >= 4 is 29.1 Å². The molecule has 1 saturated carbocycles. The summed E-state index contributed by atoms with van der Waals surface area (Å²) in [4.78, 5) is 12.4. The third-order valence-electron chi connectivity index (χ3n) is 6.47. The Hall–Kier alpha value is -2.09. The van der Waals surface area contributed by atoms with Crippen LogP contribution in [-0.2, 0) is 4.79 Å². The van der Waals surface area contributed by atoms with Crippen molar-refractivity contribution in [2.75, 3.05) is 13.2 Å². The Labute approximate surface area is 214 Å². The number of hydrogen-bond donors (Lipinski definition) is 2. The summed E-state index contributed by atoms with van der Waals surface area (Å²) in [6.07, 6.45) is 2.60. The lowest BCUT2D eigenvalue weighted by Gasteiger charge is -2.39. The highest BCUT2D eigenvalue weighted by atomic mass is 35.5. The minimum absolute atomic E-state index is 0.00167. The molecule has 5 nitrogen and oxygen atoms in total. The molecule has 1 amide bonds. The number of carbonyl (C=O) groups excluding carboxylic acids is 1. The molecule has 0 bridgehead atoms. The number of rotatable bonds is 10. The Bertz CT molecular complexity index is 997. The Morgan fingerprint density at radius 1 is 1.03 bits per heavy atom. The summed E-state index contributed by atoms with van der Waals surface area (Å²) in [6.45, 7) is 4.09. The Kier molecular flexibility index (Phi) is 10.0. The second kappa shape index (κ2) is 12.7. The predicted molar refractivity (Wildman–Crippen MR) is 132 cm³/mol. The van der Waals surface area contributed by atoms with Crippen LogP contribution in [0.2, 0.25) is 10.0 Å². The van der Waals surface area contributed by atoms with E-state index in [1.54, 1.807) is 6.07 Å². The van der Waals surface area contributed by atoms with E-state index in [9.17, 15) is 18.7 Å². The van der Waals surface area contributed by atoms with Gasteiger partial charge in [0.15, 0.2) is 6.61 Å². The SMILES string of the molecule is CC1CC(CCC(O)COc2ccc(Cl)c(F)c2)CC(C)C1NC(=O)COc1ccc(Cl)c(F)c1. The molecule has 0 aliphatic heterocycles. The number of hydrogen-bond acceptors (Lipinski definition) is 4. The van der Waals surface area contributed by atoms with Gasteiger partial charge in [0.2, 0.25) is 0 Å². The average Bonchev–Trinajstić information content (AvgIpc) is 2.81. The van der Waals surface area contributed by atoms with Gasteiger partial charge in [0.1, 0.15) is 29.7 Å². The number of aliphatic hydroxyl groups excluding tert-OH is 1. The van der Waals surface area contributed by atoms with Crippen LogP contribution in [0.4, 0.5) is 8.78 Å². The lowest BCUT2D eigenvalue weighted by molar-refractivity contribution is -0.125. The second-order valence-corrected chi connectivity index (χ2v) is 10.2. The fourth-order valence-corrected chi connectivity index (χ4v) is 4.97. The van der Waals surface area contributed by atoms with E-state index in [2.05, 4.69) is 19.2 Å². The summed E-state index contributed by atoms with van der Waals surface area (Å²) in [7, 11) is 0. The maximum atomic E-state index is 13.5. The molecule has 3 atom stereocenters. The van der Waals surface area contributed by atoms with Gasteiger partial charge < -0.3 is 19.9 Å². The van der Waals surface area contributed by atoms with Gasteiger partial charge in [-0.25, -0.2) is 8.78 Å². The molecule has 2 aromatic rings. The van der Waals surface area contributed by atoms with E-state index in [0.29, 0.717) is 18.1 Å². The molecule has 2 N–H and O–H groups in total. The highest BCUT2D eigenvalue weighted by Crippen LogP contribution is 2.36. The number of benzene rings is 2. The van der Waals surface area contributed by atoms with Gasteiger partial charge in [0, 0.05) is 18.2 Å². The first-order chi connectivity index (χ1) is 16.6. The van der Waals surface area contributed by atoms with Crippen LogP contribution in [0.15, 0.2) is 36.4 Å². The summed E-state index contributed by atoms with van der Waals surface area (Å²) < 4.78 is 37.9. The molecule has 0 saturated heterocycles. The van der Waals surface area contributed by atoms with E-state index in [1.165, 1.54) is 24.3 Å². The Balaban J connectivity index is 1.39. The summed E-state index contributed by atoms with van der Waals surface area (Å²) in [5.41, 5.74) is 0. The monoisotopic (exact) mass is 529 g/mol. The Morgan fingerprint density at radius 3 is 2.11 bits per heavy atom. The fourth-order valence-electron chi connectivity index (χ4n) is 4.74. The number of carbonyl (C=O) groups is 1. The number of nitrogens with one attached hydrogen (secondary N) is 1. The maximum Gasteiger partial charge on any atom is 0.258 e. The molecule has 1 aliphatic rings. The average molecular weight is 530 g/mol. The topological polar surface area (TPSA) is 67.8 Å². The quantitative estimate of drug-likeness (QED) is 0.393. The highest BCUT2D eigenvalue weighted by Gasteiger charge is 2.34. The Morgan fingerprint density at radius 2 is 1.57 bits per heavy atom. The van der Waals surface area contributed by atoms with Gasteiger partial charge in [-0.2, -0.15) is 0 Å². The minimum atomic E-state index is -0.661. The van der Waals surface area contributed by atoms with E-state index in [-0.39, 0.29) is 52.8 Å². The maximum absolute atomic E-state index is 13.5. The van der Waals surface area contributed by atoms with Crippen LogP contribution < -0.4 is 14.8 Å². The van der Waals surface area contributed by atoms with Gasteiger partial charge >= 0.3 is 0 Å². The van der Waals surface area contributed by atoms with Gasteiger partial charge in [-0.05, 0) is 67.7 Å². The van der Waals surface area contributed by atoms with Crippen LogP contribution in [0.25, 0.3) is 0 Å². The summed E-state index contributed by atoms with van der Waals surface area (Å²) >= 11 is 11.3. The van der Waals surface area contributed by atoms with Crippen molar-refractivity contribution in [1.29, 1.82) is 0 Å². The molecular weight excluding hydrogens is 499 g/mol. The van der Waals surface area contributed by atoms with Gasteiger partial charge in [0.25, 0.3) is 5.91 Å². The van der Waals surface area contributed by atoms with Crippen molar-refractivity contribution in [2.24, 2.45) is 17.8 Å². The van der Waals surface area contributed by atoms with Crippen LogP contribution >= 0.6 is 23.2 Å². The molecule has 3 rings (SSSR count). The molecule has 192 valence electrons. The van der Waals surface area contributed by atoms with E-state index >= 15 is 0 Å². The van der Waals surface area contributed by atoms with Crippen LogP contribution in [0.5, 0.6) is 11.5 Å². The molecule has 0 radical (unpaired) electrons. The standard InChI is InChI=1S/C26H31Cl2F2NO4/c1-15-9-17(3-4-18(32)13-34-19-5-7-21(27)23(29)11-19)10-16(2)26(15)31-25(33)14-35-20-6-8-22(28)24(30)12-20/h5-8,11-12,15-18,26,32H,3-4,9-10,13-14H2,1-2H3,(H,31,33). The third-order valence-corrected chi connectivity index (χ3v) is 7.08. The molecule has 1 aliphatic carbocycles. The molecule has 3 unspecified atom stereocenters. The number of amides is 1. The van der Waals surface area contributed by atoms with E-state index < -0.39 is 17.7 Å². The summed E-state index contributed by atoms with van der Waals surface area (Å²) in [6, 6.07) is 8.25. The molecule has 9 heteroatoms. The van der Waals surface area contributed by atoms with Crippen LogP contribution in [0, 0.1) is 29.4 Å². The zero-order chi connectivity index (χ0) is 25.5. The molecular formula is C26H31Cl2F2NO4. The van der Waals surface area contributed by atoms with E-state index in [4.69, 9.17) is 32.7 Å². The van der Waals surface area contributed by atoms with Gasteiger partial charge in [-0.3, -0.25) is 4.79 Å². The zero-order valence-corrected chi connectivity index (χ0v) is 21.3. The molecule has 0 aromatic heterocycles. The first-order valence-corrected chi connectivity index (χ1v) is 12.5. The van der Waals surface area contributed by atoms with Gasteiger partial charge in [-0.1, -0.05) is 37.0 Å². The first-order valence-electron chi connectivity index (χ1n) is 11.8. The van der Waals surface area contributed by atoms with Crippen molar-refractivity contribution in [3.8, 4) is 11.5 Å². The van der Waals surface area contributed by atoms with E-state index in [0.717, 1.165) is 25.3 Å². The fraction of sp³-hybridized carbons (Fsp3) is 0.500. The van der Waals surface area contributed by atoms with E-state index in [1.807, 2.05) is 0 Å². The first kappa shape index (κ1) is 27.5. The molecule has 0 heterocycles. The molecule has 2 aromatic carbocycles. The van der Waals surface area contributed by atoms with Crippen molar-refractivity contribution in [1.82, 2.24) is 5.32 Å². The summed E-state index contributed by atoms with van der Waals surface area (Å²) in [5, 5.41) is 13.4. The molecule has 1 fully saturated rings. The number of aliphatic hydroxyl groups is 1. The van der Waals surface area contributed by atoms with Crippen molar-refractivity contribution < 1.29 is 28.2 Å². The predicted octanol–water partition coefficient (Wildman–Crippen LogP) is 6.04. The third kappa shape index (κ3) is 8.23. The van der Waals surface area contributed by atoms with Crippen molar-refractivity contribution in [3.63, 3.8) is 0 Å². The number of ether oxygens (including phenoxy) is 2. The smallest absolute Gasteiger partial charge is 0.258 e. The largest absolute Gasteiger partial charge is 0.491 e. The normalized spacial score (nSPS) is 22.9.